The van der Waals surface area contributed by atoms with E-state index in [1.165, 1.54) is 0 Å². The molecule has 48 heavy (non-hydrogen) atoms. The fourth-order valence-electron chi connectivity index (χ4n) is 6.70. The summed E-state index contributed by atoms with van der Waals surface area (Å²) >= 11 is 0. The highest BCUT2D eigenvalue weighted by Gasteiger charge is 2.19. The van der Waals surface area contributed by atoms with Crippen molar-refractivity contribution in [2.24, 2.45) is 0 Å². The van der Waals surface area contributed by atoms with Gasteiger partial charge in [0.15, 0.2) is 17.5 Å². The Morgan fingerprint density at radius 2 is 0.917 bits per heavy atom. The monoisotopic (exact) mass is 616 g/mol. The van der Waals surface area contributed by atoms with E-state index >= 15 is 0 Å². The van der Waals surface area contributed by atoms with Gasteiger partial charge in [-0.15, -0.1) is 0 Å². The van der Waals surface area contributed by atoms with Crippen molar-refractivity contribution in [2.45, 2.75) is 0 Å². The molecule has 224 valence electrons. The Bertz CT molecular complexity index is 2840. The molecule has 6 nitrogen and oxygen atoms in total. The minimum Gasteiger partial charge on any atom is -0.455 e. The SMILES string of the molecule is c1ccc(-c2nc(-c3ccc(-c4nc5oc6ccccc6c5c5ccccc45)cc3)nc(-c3cccc4c3oc3ccccc34)n2)cc1. The molecule has 0 saturated carbocycles. The molecule has 4 aromatic heterocycles. The lowest BCUT2D eigenvalue weighted by molar-refractivity contribution is 0.655. The topological polar surface area (TPSA) is 77.8 Å². The third-order valence-corrected chi connectivity index (χ3v) is 8.97. The molecule has 6 aromatic carbocycles. The van der Waals surface area contributed by atoms with Crippen LogP contribution in [0.3, 0.4) is 0 Å². The molecule has 4 heterocycles. The molecule has 0 atom stereocenters. The minimum atomic E-state index is 0.551. The number of aromatic nitrogens is 4. The van der Waals surface area contributed by atoms with Crippen molar-refractivity contribution in [1.82, 2.24) is 19.9 Å². The summed E-state index contributed by atoms with van der Waals surface area (Å²) in [6, 6.07) is 48.9. The first-order valence-corrected chi connectivity index (χ1v) is 15.8. The van der Waals surface area contributed by atoms with Gasteiger partial charge in [0.1, 0.15) is 16.7 Å². The molecular formula is C42H24N4O2. The first kappa shape index (κ1) is 26.5. The number of hydrogen-bond acceptors (Lipinski definition) is 6. The second kappa shape index (κ2) is 10.4. The molecule has 0 spiro atoms. The molecule has 0 aliphatic carbocycles. The van der Waals surface area contributed by atoms with Crippen molar-refractivity contribution in [1.29, 1.82) is 0 Å². The number of benzene rings is 6. The third-order valence-electron chi connectivity index (χ3n) is 8.97. The number of hydrogen-bond donors (Lipinski definition) is 0. The van der Waals surface area contributed by atoms with Gasteiger partial charge in [0.25, 0.3) is 0 Å². The fraction of sp³-hybridized carbons (Fsp3) is 0. The molecule has 0 unspecified atom stereocenters. The molecule has 0 aliphatic heterocycles. The van der Waals surface area contributed by atoms with Crippen molar-refractivity contribution in [3.05, 3.63) is 146 Å². The standard InChI is InChI=1S/C42H24N4O2/c1-2-11-26(12-3-1)39-44-40(46-41(45-39)33-18-10-17-31-28-13-6-8-19-34(28)47-38(31)33)27-23-21-25(22-24-27)37-30-15-5-4-14-29(30)36-32-16-7-9-20-35(32)48-42(36)43-37/h1-24H. The highest BCUT2D eigenvalue weighted by molar-refractivity contribution is 6.20. The lowest BCUT2D eigenvalue weighted by Gasteiger charge is -2.10. The summed E-state index contributed by atoms with van der Waals surface area (Å²) < 4.78 is 12.6. The first-order valence-electron chi connectivity index (χ1n) is 15.8. The summed E-state index contributed by atoms with van der Waals surface area (Å²) in [6.45, 7) is 0. The van der Waals surface area contributed by atoms with E-state index in [0.29, 0.717) is 23.2 Å². The van der Waals surface area contributed by atoms with Crippen LogP contribution in [-0.2, 0) is 0 Å². The van der Waals surface area contributed by atoms with E-state index < -0.39 is 0 Å². The van der Waals surface area contributed by atoms with Crippen LogP contribution < -0.4 is 0 Å². The predicted molar refractivity (Wildman–Crippen MR) is 191 cm³/mol. The molecule has 0 aliphatic rings. The van der Waals surface area contributed by atoms with Crippen LogP contribution in [0.4, 0.5) is 0 Å². The maximum atomic E-state index is 6.36. The van der Waals surface area contributed by atoms with Crippen molar-refractivity contribution >= 4 is 54.8 Å². The predicted octanol–water partition coefficient (Wildman–Crippen LogP) is 10.9. The number of pyridine rings is 1. The van der Waals surface area contributed by atoms with Gasteiger partial charge < -0.3 is 8.83 Å². The molecule has 0 saturated heterocycles. The molecule has 0 N–H and O–H groups in total. The van der Waals surface area contributed by atoms with Crippen molar-refractivity contribution in [2.75, 3.05) is 0 Å². The summed E-state index contributed by atoms with van der Waals surface area (Å²) in [5.41, 5.74) is 7.47. The summed E-state index contributed by atoms with van der Waals surface area (Å²) in [4.78, 5) is 20.0. The zero-order valence-corrected chi connectivity index (χ0v) is 25.5. The van der Waals surface area contributed by atoms with Gasteiger partial charge in [-0.1, -0.05) is 127 Å². The van der Waals surface area contributed by atoms with Crippen molar-refractivity contribution in [3.8, 4) is 45.4 Å². The highest BCUT2D eigenvalue weighted by atomic mass is 16.3. The fourth-order valence-corrected chi connectivity index (χ4v) is 6.70. The van der Waals surface area contributed by atoms with Gasteiger partial charge in [-0.3, -0.25) is 0 Å². The second-order valence-electron chi connectivity index (χ2n) is 11.8. The number of furan rings is 2. The van der Waals surface area contributed by atoms with Crippen molar-refractivity contribution < 1.29 is 8.83 Å². The molecule has 0 radical (unpaired) electrons. The Hall–Kier alpha value is -6.66. The molecule has 10 aromatic rings. The Morgan fingerprint density at radius 1 is 0.354 bits per heavy atom. The Labute approximate surface area is 274 Å². The van der Waals surface area contributed by atoms with E-state index in [4.69, 9.17) is 28.8 Å². The van der Waals surface area contributed by atoms with Crippen LogP contribution in [0, 0.1) is 0 Å². The quantitative estimate of drug-likeness (QED) is 0.196. The van der Waals surface area contributed by atoms with E-state index in [0.717, 1.165) is 77.0 Å². The first-order chi connectivity index (χ1) is 23.8. The summed E-state index contributed by atoms with van der Waals surface area (Å²) in [7, 11) is 0. The lowest BCUT2D eigenvalue weighted by atomic mass is 10.00. The number of rotatable bonds is 4. The molecule has 0 bridgehead atoms. The number of nitrogens with zero attached hydrogens (tertiary/aromatic N) is 4. The third kappa shape index (κ3) is 4.13. The van der Waals surface area contributed by atoms with E-state index in [-0.39, 0.29) is 0 Å². The smallest absolute Gasteiger partial charge is 0.228 e. The molecular weight excluding hydrogens is 592 g/mol. The zero-order chi connectivity index (χ0) is 31.6. The van der Waals surface area contributed by atoms with Crippen LogP contribution in [0.15, 0.2) is 154 Å². The summed E-state index contributed by atoms with van der Waals surface area (Å²) in [6.07, 6.45) is 0. The van der Waals surface area contributed by atoms with Crippen molar-refractivity contribution in [3.63, 3.8) is 0 Å². The van der Waals surface area contributed by atoms with E-state index in [2.05, 4.69) is 54.6 Å². The Morgan fingerprint density at radius 3 is 1.69 bits per heavy atom. The van der Waals surface area contributed by atoms with Gasteiger partial charge in [0, 0.05) is 38.2 Å². The van der Waals surface area contributed by atoms with E-state index in [1.54, 1.807) is 0 Å². The lowest BCUT2D eigenvalue weighted by Crippen LogP contribution is -2.00. The van der Waals surface area contributed by atoms with E-state index in [9.17, 15) is 0 Å². The van der Waals surface area contributed by atoms with Gasteiger partial charge in [-0.05, 0) is 23.6 Å². The molecule has 0 fully saturated rings. The van der Waals surface area contributed by atoms with Crippen LogP contribution in [0.5, 0.6) is 0 Å². The maximum Gasteiger partial charge on any atom is 0.228 e. The van der Waals surface area contributed by atoms with Gasteiger partial charge in [-0.2, -0.15) is 0 Å². The summed E-state index contributed by atoms with van der Waals surface area (Å²) in [5.74, 6) is 1.72. The summed E-state index contributed by atoms with van der Waals surface area (Å²) in [5, 5.41) is 6.36. The van der Waals surface area contributed by atoms with Crippen LogP contribution in [0.2, 0.25) is 0 Å². The minimum absolute atomic E-state index is 0.551. The molecule has 6 heteroatoms. The number of fused-ring (bicyclic) bond motifs is 8. The maximum absolute atomic E-state index is 6.36. The Balaban J connectivity index is 1.13. The Kier molecular flexibility index (Phi) is 5.77. The molecule has 0 amide bonds. The van der Waals surface area contributed by atoms with Gasteiger partial charge in [-0.25, -0.2) is 19.9 Å². The zero-order valence-electron chi connectivity index (χ0n) is 25.5. The van der Waals surface area contributed by atoms with Crippen LogP contribution >= 0.6 is 0 Å². The second-order valence-corrected chi connectivity index (χ2v) is 11.8. The molecule has 10 rings (SSSR count). The van der Waals surface area contributed by atoms with Crippen LogP contribution in [0.25, 0.3) is 100 Å². The van der Waals surface area contributed by atoms with Crippen LogP contribution in [0.1, 0.15) is 0 Å². The van der Waals surface area contributed by atoms with Gasteiger partial charge in [0.05, 0.1) is 16.6 Å². The highest BCUT2D eigenvalue weighted by Crippen LogP contribution is 2.39. The number of para-hydroxylation sites is 3. The van der Waals surface area contributed by atoms with Gasteiger partial charge >= 0.3 is 0 Å². The largest absolute Gasteiger partial charge is 0.455 e. The van der Waals surface area contributed by atoms with E-state index in [1.807, 2.05) is 91.0 Å². The van der Waals surface area contributed by atoms with Crippen LogP contribution in [-0.4, -0.2) is 19.9 Å². The average Bonchev–Trinajstić information content (AvgIpc) is 3.73. The van der Waals surface area contributed by atoms with Gasteiger partial charge in [0.2, 0.25) is 5.71 Å². The normalized spacial score (nSPS) is 11.8. The average molecular weight is 617 g/mol.